The zero-order valence-electron chi connectivity index (χ0n) is 13.5. The number of hydrogen-bond donors (Lipinski definition) is 2. The van der Waals surface area contributed by atoms with E-state index in [4.69, 9.17) is 0 Å². The summed E-state index contributed by atoms with van der Waals surface area (Å²) in [5, 5.41) is 9.58. The van der Waals surface area contributed by atoms with E-state index >= 15 is 0 Å². The molecular formula is C16H26N4OS. The molecule has 2 aliphatic rings. The van der Waals surface area contributed by atoms with Gasteiger partial charge in [-0.2, -0.15) is 0 Å². The van der Waals surface area contributed by atoms with Crippen molar-refractivity contribution in [3.8, 4) is 0 Å². The maximum absolute atomic E-state index is 12.5. The van der Waals surface area contributed by atoms with Crippen LogP contribution in [0.3, 0.4) is 0 Å². The van der Waals surface area contributed by atoms with Crippen LogP contribution in [0.5, 0.6) is 0 Å². The number of piperidine rings is 1. The monoisotopic (exact) mass is 322 g/mol. The fourth-order valence-corrected chi connectivity index (χ4v) is 4.57. The second-order valence-electron chi connectivity index (χ2n) is 6.69. The van der Waals surface area contributed by atoms with Gasteiger partial charge in [0.2, 0.25) is 5.91 Å². The summed E-state index contributed by atoms with van der Waals surface area (Å²) >= 11 is 1.63. The Balaban J connectivity index is 1.55. The molecule has 2 aliphatic heterocycles. The summed E-state index contributed by atoms with van der Waals surface area (Å²) in [6.07, 6.45) is 4.32. The van der Waals surface area contributed by atoms with Crippen molar-refractivity contribution in [2.75, 3.05) is 26.7 Å². The Bertz CT molecular complexity index is 524. The highest BCUT2D eigenvalue weighted by Gasteiger charge is 2.45. The van der Waals surface area contributed by atoms with E-state index in [0.29, 0.717) is 12.0 Å². The molecule has 0 radical (unpaired) electrons. The molecule has 0 saturated carbocycles. The van der Waals surface area contributed by atoms with Gasteiger partial charge in [0, 0.05) is 11.9 Å². The molecular weight excluding hydrogens is 296 g/mol. The predicted molar refractivity (Wildman–Crippen MR) is 88.9 cm³/mol. The molecule has 0 bridgehead atoms. The van der Waals surface area contributed by atoms with Crippen molar-refractivity contribution in [2.24, 2.45) is 5.41 Å². The number of hydrogen-bond acceptors (Lipinski definition) is 5. The van der Waals surface area contributed by atoms with Crippen LogP contribution in [0.4, 0.5) is 0 Å². The molecule has 1 aromatic heterocycles. The quantitative estimate of drug-likeness (QED) is 0.880. The molecule has 0 aromatic carbocycles. The summed E-state index contributed by atoms with van der Waals surface area (Å²) in [5.41, 5.74) is 1.46. The van der Waals surface area contributed by atoms with Crippen molar-refractivity contribution in [2.45, 2.75) is 45.2 Å². The first-order valence-corrected chi connectivity index (χ1v) is 9.12. The smallest absolute Gasteiger partial charge is 0.237 e. The van der Waals surface area contributed by atoms with E-state index in [-0.39, 0.29) is 11.9 Å². The number of nitrogens with zero attached hydrogens (tertiary/aromatic N) is 2. The van der Waals surface area contributed by atoms with Gasteiger partial charge in [-0.15, -0.1) is 11.3 Å². The van der Waals surface area contributed by atoms with Crippen LogP contribution in [0, 0.1) is 5.41 Å². The largest absolute Gasteiger partial charge is 0.348 e. The fourth-order valence-electron chi connectivity index (χ4n) is 3.76. The van der Waals surface area contributed by atoms with Crippen molar-refractivity contribution < 1.29 is 4.79 Å². The van der Waals surface area contributed by atoms with E-state index < -0.39 is 0 Å². The minimum atomic E-state index is 0.0173. The minimum absolute atomic E-state index is 0.0173. The summed E-state index contributed by atoms with van der Waals surface area (Å²) in [6, 6.07) is 0.0173. The summed E-state index contributed by atoms with van der Waals surface area (Å²) in [7, 11) is 2.08. The van der Waals surface area contributed by atoms with Gasteiger partial charge in [0.1, 0.15) is 5.01 Å². The van der Waals surface area contributed by atoms with Crippen LogP contribution in [0.15, 0.2) is 5.38 Å². The summed E-state index contributed by atoms with van der Waals surface area (Å²) in [5.74, 6) is 0.158. The molecule has 1 spiro atoms. The van der Waals surface area contributed by atoms with Crippen molar-refractivity contribution in [1.29, 1.82) is 0 Å². The van der Waals surface area contributed by atoms with Gasteiger partial charge in [0.15, 0.2) is 0 Å². The molecule has 1 aromatic rings. The Kier molecular flexibility index (Phi) is 4.80. The lowest BCUT2D eigenvalue weighted by molar-refractivity contribution is -0.125. The average Bonchev–Trinajstić information content (AvgIpc) is 3.10. The van der Waals surface area contributed by atoms with Gasteiger partial charge in [0.05, 0.1) is 18.3 Å². The number of nitrogens with one attached hydrogen (secondary N) is 2. The van der Waals surface area contributed by atoms with E-state index in [1.165, 1.54) is 12.8 Å². The summed E-state index contributed by atoms with van der Waals surface area (Å²) < 4.78 is 0. The molecule has 2 fully saturated rings. The predicted octanol–water partition coefficient (Wildman–Crippen LogP) is 1.40. The van der Waals surface area contributed by atoms with Gasteiger partial charge in [-0.25, -0.2) is 4.98 Å². The first-order valence-electron chi connectivity index (χ1n) is 8.24. The normalized spacial score (nSPS) is 24.7. The average molecular weight is 322 g/mol. The number of carbonyl (C=O) groups is 1. The number of likely N-dealkylation sites (tertiary alicyclic amines) is 1. The number of rotatable bonds is 4. The molecule has 1 amide bonds. The maximum Gasteiger partial charge on any atom is 0.237 e. The topological polar surface area (TPSA) is 57.3 Å². The van der Waals surface area contributed by atoms with E-state index in [1.807, 2.05) is 0 Å². The van der Waals surface area contributed by atoms with Gasteiger partial charge in [0.25, 0.3) is 0 Å². The van der Waals surface area contributed by atoms with Crippen LogP contribution in [-0.2, 0) is 17.8 Å². The van der Waals surface area contributed by atoms with Gasteiger partial charge in [-0.1, -0.05) is 6.92 Å². The van der Waals surface area contributed by atoms with Crippen LogP contribution in [-0.4, -0.2) is 48.5 Å². The second-order valence-corrected chi connectivity index (χ2v) is 7.63. The highest BCUT2D eigenvalue weighted by atomic mass is 32.1. The van der Waals surface area contributed by atoms with E-state index in [2.05, 4.69) is 39.9 Å². The second kappa shape index (κ2) is 6.64. The zero-order chi connectivity index (χ0) is 15.6. The third kappa shape index (κ3) is 3.34. The van der Waals surface area contributed by atoms with Crippen molar-refractivity contribution in [1.82, 2.24) is 20.5 Å². The van der Waals surface area contributed by atoms with Crippen molar-refractivity contribution >= 4 is 17.2 Å². The molecule has 2 N–H and O–H groups in total. The lowest BCUT2D eigenvalue weighted by atomic mass is 9.77. The summed E-state index contributed by atoms with van der Waals surface area (Å²) in [6.45, 7) is 5.87. The zero-order valence-corrected chi connectivity index (χ0v) is 14.3. The van der Waals surface area contributed by atoms with Crippen LogP contribution in [0.25, 0.3) is 0 Å². The maximum atomic E-state index is 12.5. The molecule has 2 saturated heterocycles. The molecule has 3 heterocycles. The molecule has 22 heavy (non-hydrogen) atoms. The SMILES string of the molecule is CCc1csc(CNC(=O)[C@H]2CC3(CCNCC3)CN2C)n1. The van der Waals surface area contributed by atoms with E-state index in [1.54, 1.807) is 11.3 Å². The molecule has 6 heteroatoms. The van der Waals surface area contributed by atoms with Crippen molar-refractivity contribution in [3.63, 3.8) is 0 Å². The first-order chi connectivity index (χ1) is 10.6. The Hall–Kier alpha value is -0.980. The Labute approximate surface area is 136 Å². The van der Waals surface area contributed by atoms with Gasteiger partial charge in [-0.05, 0) is 51.2 Å². The van der Waals surface area contributed by atoms with Gasteiger partial charge in [-0.3, -0.25) is 9.69 Å². The van der Waals surface area contributed by atoms with E-state index in [9.17, 15) is 4.79 Å². The lowest BCUT2D eigenvalue weighted by Gasteiger charge is -2.33. The Morgan fingerprint density at radius 3 is 3.00 bits per heavy atom. The number of likely N-dealkylation sites (N-methyl/N-ethyl adjacent to an activating group) is 1. The van der Waals surface area contributed by atoms with Crippen molar-refractivity contribution in [3.05, 3.63) is 16.1 Å². The highest BCUT2D eigenvalue weighted by Crippen LogP contribution is 2.41. The molecule has 0 unspecified atom stereocenters. The number of aromatic nitrogens is 1. The van der Waals surface area contributed by atoms with E-state index in [0.717, 1.165) is 43.2 Å². The first kappa shape index (κ1) is 15.9. The Morgan fingerprint density at radius 2 is 2.32 bits per heavy atom. The standard InChI is InChI=1S/C16H26N4OS/c1-3-12-10-22-14(19-12)9-18-15(21)13-8-16(11-20(13)2)4-6-17-7-5-16/h10,13,17H,3-9,11H2,1-2H3,(H,18,21)/t13-/m1/s1. The molecule has 0 aliphatic carbocycles. The van der Waals surface area contributed by atoms with Crippen LogP contribution >= 0.6 is 11.3 Å². The number of thiazole rings is 1. The fraction of sp³-hybridized carbons (Fsp3) is 0.750. The third-order valence-electron chi connectivity index (χ3n) is 5.09. The number of carbonyl (C=O) groups excluding carboxylic acids is 1. The molecule has 3 rings (SSSR count). The lowest BCUT2D eigenvalue weighted by Crippen LogP contribution is -2.41. The van der Waals surface area contributed by atoms with Gasteiger partial charge < -0.3 is 10.6 Å². The molecule has 122 valence electrons. The number of aryl methyl sites for hydroxylation is 1. The summed E-state index contributed by atoms with van der Waals surface area (Å²) in [4.78, 5) is 19.3. The molecule has 5 nitrogen and oxygen atoms in total. The Morgan fingerprint density at radius 1 is 1.55 bits per heavy atom. The van der Waals surface area contributed by atoms with Crippen LogP contribution in [0.1, 0.15) is 36.9 Å². The minimum Gasteiger partial charge on any atom is -0.348 e. The third-order valence-corrected chi connectivity index (χ3v) is 5.98. The number of amides is 1. The van der Waals surface area contributed by atoms with Crippen LogP contribution < -0.4 is 10.6 Å². The van der Waals surface area contributed by atoms with Gasteiger partial charge >= 0.3 is 0 Å². The molecule has 1 atom stereocenters. The highest BCUT2D eigenvalue weighted by molar-refractivity contribution is 7.09. The van der Waals surface area contributed by atoms with Crippen LogP contribution in [0.2, 0.25) is 0 Å².